The maximum absolute atomic E-state index is 9.45. The van der Waals surface area contributed by atoms with E-state index in [-0.39, 0.29) is 5.75 Å². The van der Waals surface area contributed by atoms with E-state index in [2.05, 4.69) is 20.9 Å². The van der Waals surface area contributed by atoms with Gasteiger partial charge in [0.15, 0.2) is 0 Å². The maximum atomic E-state index is 9.45. The van der Waals surface area contributed by atoms with Gasteiger partial charge >= 0.3 is 0 Å². The fourth-order valence-corrected chi connectivity index (χ4v) is 1.31. The molecule has 0 heterocycles. The van der Waals surface area contributed by atoms with Crippen LogP contribution in [0.3, 0.4) is 0 Å². The number of rotatable bonds is 4. The smallest absolute Gasteiger partial charge is 0.124 e. The molecule has 0 unspecified atom stereocenters. The first-order valence-corrected chi connectivity index (χ1v) is 5.00. The predicted molar refractivity (Wildman–Crippen MR) is 60.1 cm³/mol. The van der Waals surface area contributed by atoms with Gasteiger partial charge in [0, 0.05) is 23.4 Å². The molecule has 14 heavy (non-hydrogen) atoms. The van der Waals surface area contributed by atoms with Crippen molar-refractivity contribution in [1.29, 1.82) is 0 Å². The summed E-state index contributed by atoms with van der Waals surface area (Å²) in [4.78, 5) is 4.10. The second-order valence-corrected chi connectivity index (χ2v) is 3.65. The summed E-state index contributed by atoms with van der Waals surface area (Å²) in [5.74, 6) is 0.231. The van der Waals surface area contributed by atoms with E-state index in [1.54, 1.807) is 25.5 Å². The van der Waals surface area contributed by atoms with Crippen LogP contribution in [0.15, 0.2) is 27.7 Å². The third-order valence-corrected chi connectivity index (χ3v) is 2.14. The number of nitrogens with zero attached hydrogens (tertiary/aromatic N) is 1. The highest BCUT2D eigenvalue weighted by Crippen LogP contribution is 2.19. The minimum absolute atomic E-state index is 0.231. The van der Waals surface area contributed by atoms with Crippen molar-refractivity contribution in [2.24, 2.45) is 4.99 Å². The molecule has 0 spiro atoms. The minimum Gasteiger partial charge on any atom is -0.507 e. The summed E-state index contributed by atoms with van der Waals surface area (Å²) in [5, 5.41) is 9.45. The molecule has 76 valence electrons. The zero-order chi connectivity index (χ0) is 10.4. The molecule has 0 amide bonds. The van der Waals surface area contributed by atoms with Crippen LogP contribution in [0.2, 0.25) is 0 Å². The molecule has 0 saturated heterocycles. The monoisotopic (exact) mass is 257 g/mol. The van der Waals surface area contributed by atoms with E-state index >= 15 is 0 Å². The molecule has 0 atom stereocenters. The molecule has 0 aromatic heterocycles. The lowest BCUT2D eigenvalue weighted by molar-refractivity contribution is 0.208. The Morgan fingerprint density at radius 1 is 1.57 bits per heavy atom. The van der Waals surface area contributed by atoms with Gasteiger partial charge in [0.25, 0.3) is 0 Å². The molecule has 1 N–H and O–H groups in total. The predicted octanol–water partition coefficient (Wildman–Crippen LogP) is 2.22. The summed E-state index contributed by atoms with van der Waals surface area (Å²) in [6, 6.07) is 5.22. The first-order chi connectivity index (χ1) is 6.74. The minimum atomic E-state index is 0.231. The fourth-order valence-electron chi connectivity index (χ4n) is 0.936. The highest BCUT2D eigenvalue weighted by atomic mass is 79.9. The van der Waals surface area contributed by atoms with E-state index in [0.29, 0.717) is 18.7 Å². The Bertz CT molecular complexity index is 326. The lowest BCUT2D eigenvalue weighted by Crippen LogP contribution is -1.93. The van der Waals surface area contributed by atoms with E-state index < -0.39 is 0 Å². The number of aliphatic imine (C=N–C) groups is 1. The Labute approximate surface area is 91.6 Å². The molecular weight excluding hydrogens is 246 g/mol. The van der Waals surface area contributed by atoms with Crippen LogP contribution in [0, 0.1) is 0 Å². The number of hydrogen-bond donors (Lipinski definition) is 1. The van der Waals surface area contributed by atoms with Crippen molar-refractivity contribution in [3.05, 3.63) is 28.2 Å². The summed E-state index contributed by atoms with van der Waals surface area (Å²) in [5.41, 5.74) is 0.704. The van der Waals surface area contributed by atoms with E-state index in [1.807, 2.05) is 6.07 Å². The highest BCUT2D eigenvalue weighted by molar-refractivity contribution is 9.10. The van der Waals surface area contributed by atoms with Crippen LogP contribution in [-0.2, 0) is 4.74 Å². The number of phenols is 1. The molecule has 0 aliphatic heterocycles. The first-order valence-electron chi connectivity index (χ1n) is 4.21. The Kier molecular flexibility index (Phi) is 4.62. The molecule has 0 aliphatic rings. The summed E-state index contributed by atoms with van der Waals surface area (Å²) >= 11 is 3.32. The van der Waals surface area contributed by atoms with E-state index in [4.69, 9.17) is 4.74 Å². The molecular formula is C10H12BrNO2. The Balaban J connectivity index is 2.65. The molecule has 0 radical (unpaired) electrons. The van der Waals surface area contributed by atoms with Crippen LogP contribution in [0.1, 0.15) is 5.56 Å². The van der Waals surface area contributed by atoms with Gasteiger partial charge in [-0.05, 0) is 18.2 Å². The number of aromatic hydroxyl groups is 1. The second kappa shape index (κ2) is 5.78. The molecule has 4 heteroatoms. The van der Waals surface area contributed by atoms with Crippen molar-refractivity contribution in [3.8, 4) is 5.75 Å². The van der Waals surface area contributed by atoms with Crippen molar-refractivity contribution < 1.29 is 9.84 Å². The zero-order valence-corrected chi connectivity index (χ0v) is 9.49. The summed E-state index contributed by atoms with van der Waals surface area (Å²) < 4.78 is 5.77. The standard InChI is InChI=1S/C10H12BrNO2/c1-14-5-4-12-7-8-6-9(11)2-3-10(8)13/h2-3,6-7,13H,4-5H2,1H3. The third-order valence-electron chi connectivity index (χ3n) is 1.64. The molecule has 3 nitrogen and oxygen atoms in total. The number of ether oxygens (including phenoxy) is 1. The number of methoxy groups -OCH3 is 1. The van der Waals surface area contributed by atoms with Crippen LogP contribution in [0.4, 0.5) is 0 Å². The Morgan fingerprint density at radius 3 is 3.07 bits per heavy atom. The van der Waals surface area contributed by atoms with Gasteiger partial charge in [0.2, 0.25) is 0 Å². The van der Waals surface area contributed by atoms with Crippen LogP contribution in [-0.4, -0.2) is 31.6 Å². The lowest BCUT2D eigenvalue weighted by atomic mass is 10.2. The number of phenolic OH excluding ortho intramolecular Hbond substituents is 1. The van der Waals surface area contributed by atoms with Crippen molar-refractivity contribution >= 4 is 22.1 Å². The van der Waals surface area contributed by atoms with Crippen molar-refractivity contribution in [2.45, 2.75) is 0 Å². The van der Waals surface area contributed by atoms with Gasteiger partial charge in [0.05, 0.1) is 13.2 Å². The second-order valence-electron chi connectivity index (χ2n) is 2.73. The van der Waals surface area contributed by atoms with Crippen LogP contribution >= 0.6 is 15.9 Å². The molecule has 0 fully saturated rings. The third kappa shape index (κ3) is 3.47. The zero-order valence-electron chi connectivity index (χ0n) is 7.90. The van der Waals surface area contributed by atoms with Crippen LogP contribution < -0.4 is 0 Å². The number of halogens is 1. The Hall–Kier alpha value is -0.870. The highest BCUT2D eigenvalue weighted by Gasteiger charge is 1.97. The van der Waals surface area contributed by atoms with Gasteiger partial charge in [-0.3, -0.25) is 4.99 Å². The molecule has 1 rings (SSSR count). The summed E-state index contributed by atoms with van der Waals surface area (Å²) in [6.07, 6.45) is 1.64. The molecule has 0 aliphatic carbocycles. The SMILES string of the molecule is COCCN=Cc1cc(Br)ccc1O. The quantitative estimate of drug-likeness (QED) is 0.664. The van der Waals surface area contributed by atoms with Crippen molar-refractivity contribution in [1.82, 2.24) is 0 Å². The van der Waals surface area contributed by atoms with Crippen LogP contribution in [0.25, 0.3) is 0 Å². The summed E-state index contributed by atoms with van der Waals surface area (Å²) in [6.45, 7) is 1.19. The normalized spacial score (nSPS) is 11.0. The van der Waals surface area contributed by atoms with Crippen LogP contribution in [0.5, 0.6) is 5.75 Å². The van der Waals surface area contributed by atoms with E-state index in [9.17, 15) is 5.11 Å². The number of hydrogen-bond acceptors (Lipinski definition) is 3. The molecule has 1 aromatic rings. The van der Waals surface area contributed by atoms with Crippen molar-refractivity contribution in [3.63, 3.8) is 0 Å². The molecule has 0 saturated carbocycles. The van der Waals surface area contributed by atoms with E-state index in [1.165, 1.54) is 0 Å². The topological polar surface area (TPSA) is 41.8 Å². The average molecular weight is 258 g/mol. The molecule has 1 aromatic carbocycles. The van der Waals surface area contributed by atoms with Gasteiger partial charge < -0.3 is 9.84 Å². The fraction of sp³-hybridized carbons (Fsp3) is 0.300. The van der Waals surface area contributed by atoms with Gasteiger partial charge in [-0.1, -0.05) is 15.9 Å². The van der Waals surface area contributed by atoms with Gasteiger partial charge in [-0.25, -0.2) is 0 Å². The van der Waals surface area contributed by atoms with E-state index in [0.717, 1.165) is 4.47 Å². The average Bonchev–Trinajstić information content (AvgIpc) is 2.18. The molecule has 0 bridgehead atoms. The van der Waals surface area contributed by atoms with Gasteiger partial charge in [-0.15, -0.1) is 0 Å². The Morgan fingerprint density at radius 2 is 2.36 bits per heavy atom. The van der Waals surface area contributed by atoms with Crippen molar-refractivity contribution in [2.75, 3.05) is 20.3 Å². The lowest BCUT2D eigenvalue weighted by Gasteiger charge is -1.98. The number of benzene rings is 1. The van der Waals surface area contributed by atoms with Gasteiger partial charge in [0.1, 0.15) is 5.75 Å². The maximum Gasteiger partial charge on any atom is 0.124 e. The largest absolute Gasteiger partial charge is 0.507 e. The summed E-state index contributed by atoms with van der Waals surface area (Å²) in [7, 11) is 1.63. The van der Waals surface area contributed by atoms with Gasteiger partial charge in [-0.2, -0.15) is 0 Å². The first kappa shape index (κ1) is 11.2.